The standard InChI is InChI=1S/C29H30ClF2N3O/c1-19-7-12-35(13-8-19)28(36)22-2-3-25(26(30)15-22)24-14-23(17-33-18-24)21-6-11-34-27(16-21)20-4-9-29(31,32)10-5-20/h2-3,6,11,14-20H,4-5,7-10,12-13H2,1H3. The van der Waals surface area contributed by atoms with E-state index in [4.69, 9.17) is 11.6 Å². The highest BCUT2D eigenvalue weighted by atomic mass is 35.5. The number of nitrogens with zero attached hydrogens (tertiary/aromatic N) is 3. The van der Waals surface area contributed by atoms with E-state index >= 15 is 0 Å². The summed E-state index contributed by atoms with van der Waals surface area (Å²) in [6, 6.07) is 11.4. The van der Waals surface area contributed by atoms with E-state index in [-0.39, 0.29) is 24.7 Å². The average Bonchev–Trinajstić information content (AvgIpc) is 2.89. The number of piperidine rings is 1. The van der Waals surface area contributed by atoms with Crippen LogP contribution in [0.25, 0.3) is 22.3 Å². The lowest BCUT2D eigenvalue weighted by molar-refractivity contribution is -0.0384. The van der Waals surface area contributed by atoms with Crippen LogP contribution in [0.1, 0.15) is 67.4 Å². The van der Waals surface area contributed by atoms with E-state index < -0.39 is 5.92 Å². The molecule has 2 fully saturated rings. The first kappa shape index (κ1) is 24.8. The summed E-state index contributed by atoms with van der Waals surface area (Å²) in [5.74, 6) is -1.84. The minimum absolute atomic E-state index is 0.0204. The minimum Gasteiger partial charge on any atom is -0.339 e. The molecule has 3 heterocycles. The van der Waals surface area contributed by atoms with Crippen LogP contribution < -0.4 is 0 Å². The molecule has 2 aliphatic rings. The summed E-state index contributed by atoms with van der Waals surface area (Å²) in [4.78, 5) is 23.8. The molecule has 1 amide bonds. The van der Waals surface area contributed by atoms with Crippen molar-refractivity contribution in [2.45, 2.75) is 57.3 Å². The van der Waals surface area contributed by atoms with Crippen LogP contribution in [0, 0.1) is 5.92 Å². The number of alkyl halides is 2. The molecule has 1 aromatic carbocycles. The van der Waals surface area contributed by atoms with Gasteiger partial charge in [0.15, 0.2) is 0 Å². The summed E-state index contributed by atoms with van der Waals surface area (Å²) >= 11 is 6.65. The van der Waals surface area contributed by atoms with Gasteiger partial charge in [0, 0.05) is 83.4 Å². The van der Waals surface area contributed by atoms with E-state index in [1.165, 1.54) is 0 Å². The molecule has 0 N–H and O–H groups in total. The number of benzene rings is 1. The SMILES string of the molecule is CC1CCN(C(=O)c2ccc(-c3cncc(-c4ccnc(C5CCC(F)(F)CC5)c4)c3)c(Cl)c2)CC1. The first-order valence-corrected chi connectivity index (χ1v) is 13.1. The van der Waals surface area contributed by atoms with E-state index in [1.54, 1.807) is 24.7 Å². The molecule has 1 aliphatic carbocycles. The number of hydrogen-bond acceptors (Lipinski definition) is 3. The zero-order chi connectivity index (χ0) is 25.3. The maximum atomic E-state index is 13.6. The number of carbonyl (C=O) groups is 1. The van der Waals surface area contributed by atoms with Gasteiger partial charge in [0.2, 0.25) is 5.92 Å². The van der Waals surface area contributed by atoms with Gasteiger partial charge in [-0.05, 0) is 67.5 Å². The normalized spacial score (nSPS) is 18.8. The highest BCUT2D eigenvalue weighted by Crippen LogP contribution is 2.41. The van der Waals surface area contributed by atoms with Gasteiger partial charge in [-0.15, -0.1) is 0 Å². The molecule has 188 valence electrons. The number of likely N-dealkylation sites (tertiary alicyclic amines) is 1. The molecule has 1 saturated heterocycles. The van der Waals surface area contributed by atoms with E-state index in [2.05, 4.69) is 16.9 Å². The third kappa shape index (κ3) is 5.44. The van der Waals surface area contributed by atoms with Gasteiger partial charge in [0.1, 0.15) is 0 Å². The van der Waals surface area contributed by atoms with Crippen molar-refractivity contribution in [3.8, 4) is 22.3 Å². The van der Waals surface area contributed by atoms with E-state index in [0.29, 0.717) is 29.3 Å². The zero-order valence-electron chi connectivity index (χ0n) is 20.4. The van der Waals surface area contributed by atoms with Crippen LogP contribution in [0.4, 0.5) is 8.78 Å². The molecule has 1 aliphatic heterocycles. The molecule has 0 radical (unpaired) electrons. The van der Waals surface area contributed by atoms with Crippen molar-refractivity contribution in [2.24, 2.45) is 5.92 Å². The molecule has 1 saturated carbocycles. The number of halogens is 3. The van der Waals surface area contributed by atoms with Gasteiger partial charge in [-0.1, -0.05) is 24.6 Å². The van der Waals surface area contributed by atoms with Crippen molar-refractivity contribution in [3.63, 3.8) is 0 Å². The summed E-state index contributed by atoms with van der Waals surface area (Å²) in [6.45, 7) is 3.78. The van der Waals surface area contributed by atoms with Gasteiger partial charge in [0.25, 0.3) is 5.91 Å². The lowest BCUT2D eigenvalue weighted by atomic mass is 9.84. The van der Waals surface area contributed by atoms with E-state index in [1.807, 2.05) is 35.2 Å². The Kier molecular flexibility index (Phi) is 7.07. The second-order valence-corrected chi connectivity index (χ2v) is 10.6. The van der Waals surface area contributed by atoms with Crippen LogP contribution in [0.3, 0.4) is 0 Å². The van der Waals surface area contributed by atoms with Crippen molar-refractivity contribution in [1.29, 1.82) is 0 Å². The Balaban J connectivity index is 1.36. The monoisotopic (exact) mass is 509 g/mol. The second kappa shape index (κ2) is 10.3. The maximum Gasteiger partial charge on any atom is 0.253 e. The Morgan fingerprint density at radius 3 is 2.42 bits per heavy atom. The summed E-state index contributed by atoms with van der Waals surface area (Å²) in [5.41, 5.74) is 4.93. The Morgan fingerprint density at radius 1 is 0.972 bits per heavy atom. The Morgan fingerprint density at radius 2 is 1.69 bits per heavy atom. The summed E-state index contributed by atoms with van der Waals surface area (Å²) in [6.07, 6.45) is 8.03. The second-order valence-electron chi connectivity index (χ2n) is 10.2. The predicted octanol–water partition coefficient (Wildman–Crippen LogP) is 7.63. The Bertz CT molecular complexity index is 1250. The number of hydrogen-bond donors (Lipinski definition) is 0. The number of rotatable bonds is 4. The van der Waals surface area contributed by atoms with Crippen molar-refractivity contribution >= 4 is 17.5 Å². The van der Waals surface area contributed by atoms with Crippen LogP contribution in [-0.4, -0.2) is 39.8 Å². The molecule has 0 spiro atoms. The number of carbonyl (C=O) groups excluding carboxylic acids is 1. The molecular weight excluding hydrogens is 480 g/mol. The fourth-order valence-corrected chi connectivity index (χ4v) is 5.50. The Hall–Kier alpha value is -2.86. The Labute approximate surface area is 215 Å². The van der Waals surface area contributed by atoms with Crippen LogP contribution in [0.2, 0.25) is 5.02 Å². The molecular formula is C29H30ClF2N3O. The minimum atomic E-state index is -2.56. The largest absolute Gasteiger partial charge is 0.339 e. The molecule has 0 atom stereocenters. The zero-order valence-corrected chi connectivity index (χ0v) is 21.1. The predicted molar refractivity (Wildman–Crippen MR) is 138 cm³/mol. The summed E-state index contributed by atoms with van der Waals surface area (Å²) in [7, 11) is 0. The topological polar surface area (TPSA) is 46.1 Å². The first-order valence-electron chi connectivity index (χ1n) is 12.7. The molecule has 0 bridgehead atoms. The first-order chi connectivity index (χ1) is 17.3. The molecule has 3 aromatic rings. The molecule has 7 heteroatoms. The summed E-state index contributed by atoms with van der Waals surface area (Å²) < 4.78 is 27.2. The quantitative estimate of drug-likeness (QED) is 0.363. The molecule has 0 unspecified atom stereocenters. The average molecular weight is 510 g/mol. The van der Waals surface area contributed by atoms with Crippen molar-refractivity contribution in [1.82, 2.24) is 14.9 Å². The van der Waals surface area contributed by atoms with Gasteiger partial charge in [-0.2, -0.15) is 0 Å². The van der Waals surface area contributed by atoms with E-state index in [0.717, 1.165) is 53.9 Å². The number of aromatic nitrogens is 2. The third-order valence-corrected chi connectivity index (χ3v) is 7.90. The van der Waals surface area contributed by atoms with Crippen LogP contribution in [0.5, 0.6) is 0 Å². The van der Waals surface area contributed by atoms with E-state index in [9.17, 15) is 13.6 Å². The molecule has 5 rings (SSSR count). The third-order valence-electron chi connectivity index (χ3n) is 7.59. The van der Waals surface area contributed by atoms with Gasteiger partial charge in [0.05, 0.1) is 0 Å². The molecule has 36 heavy (non-hydrogen) atoms. The van der Waals surface area contributed by atoms with Crippen LogP contribution in [-0.2, 0) is 0 Å². The fraction of sp³-hybridized carbons (Fsp3) is 0.414. The highest BCUT2D eigenvalue weighted by Gasteiger charge is 2.35. The molecule has 4 nitrogen and oxygen atoms in total. The lowest BCUT2D eigenvalue weighted by Crippen LogP contribution is -2.37. The molecule has 2 aromatic heterocycles. The van der Waals surface area contributed by atoms with Gasteiger partial charge < -0.3 is 4.90 Å². The maximum absolute atomic E-state index is 13.6. The smallest absolute Gasteiger partial charge is 0.253 e. The fourth-order valence-electron chi connectivity index (χ4n) is 5.21. The lowest BCUT2D eigenvalue weighted by Gasteiger charge is -2.30. The summed E-state index contributed by atoms with van der Waals surface area (Å²) in [5, 5.41) is 0.503. The van der Waals surface area contributed by atoms with Crippen LogP contribution in [0.15, 0.2) is 55.0 Å². The van der Waals surface area contributed by atoms with Gasteiger partial charge >= 0.3 is 0 Å². The van der Waals surface area contributed by atoms with Crippen molar-refractivity contribution in [2.75, 3.05) is 13.1 Å². The van der Waals surface area contributed by atoms with Crippen molar-refractivity contribution < 1.29 is 13.6 Å². The van der Waals surface area contributed by atoms with Crippen LogP contribution >= 0.6 is 11.6 Å². The van der Waals surface area contributed by atoms with Crippen molar-refractivity contribution in [3.05, 3.63) is 71.3 Å². The van der Waals surface area contributed by atoms with Gasteiger partial charge in [-0.25, -0.2) is 8.78 Å². The van der Waals surface area contributed by atoms with Gasteiger partial charge in [-0.3, -0.25) is 14.8 Å². The number of amides is 1. The highest BCUT2D eigenvalue weighted by molar-refractivity contribution is 6.33. The number of pyridine rings is 2.